The Morgan fingerprint density at radius 3 is 2.45 bits per heavy atom. The van der Waals surface area contributed by atoms with Crippen molar-refractivity contribution in [1.29, 1.82) is 0 Å². The molecule has 0 aliphatic carbocycles. The first-order valence-corrected chi connectivity index (χ1v) is 7.06. The summed E-state index contributed by atoms with van der Waals surface area (Å²) in [5.74, 6) is -2.20. The van der Waals surface area contributed by atoms with Crippen LogP contribution in [0.3, 0.4) is 0 Å². The zero-order valence-electron chi connectivity index (χ0n) is 10.3. The van der Waals surface area contributed by atoms with Gasteiger partial charge in [0.25, 0.3) is 0 Å². The quantitative estimate of drug-likeness (QED) is 0.864. The first-order valence-electron chi connectivity index (χ1n) is 5.89. The van der Waals surface area contributed by atoms with Gasteiger partial charge in [-0.2, -0.15) is 0 Å². The van der Waals surface area contributed by atoms with Crippen molar-refractivity contribution in [2.45, 2.75) is 12.3 Å². The van der Waals surface area contributed by atoms with Crippen LogP contribution >= 0.6 is 27.5 Å². The SMILES string of the molecule is O=C(O)C(Cc1ccc(Cl)c(F)c1)c1ccc(Br)cc1. The third-order valence-electron chi connectivity index (χ3n) is 2.99. The third-order valence-corrected chi connectivity index (χ3v) is 3.83. The van der Waals surface area contributed by atoms with Gasteiger partial charge >= 0.3 is 5.97 Å². The van der Waals surface area contributed by atoms with Crippen LogP contribution in [0.4, 0.5) is 4.39 Å². The van der Waals surface area contributed by atoms with Gasteiger partial charge in [0.1, 0.15) is 5.82 Å². The molecule has 0 heterocycles. The topological polar surface area (TPSA) is 37.3 Å². The average molecular weight is 358 g/mol. The summed E-state index contributed by atoms with van der Waals surface area (Å²) in [6.45, 7) is 0. The van der Waals surface area contributed by atoms with Crippen molar-refractivity contribution in [2.75, 3.05) is 0 Å². The van der Waals surface area contributed by atoms with Crippen LogP contribution in [0.15, 0.2) is 46.9 Å². The largest absolute Gasteiger partial charge is 0.481 e. The molecular weight excluding hydrogens is 347 g/mol. The number of benzene rings is 2. The minimum absolute atomic E-state index is 0.0317. The lowest BCUT2D eigenvalue weighted by Crippen LogP contribution is -2.14. The van der Waals surface area contributed by atoms with E-state index in [1.165, 1.54) is 12.1 Å². The summed E-state index contributed by atoms with van der Waals surface area (Å²) in [6, 6.07) is 11.4. The van der Waals surface area contributed by atoms with E-state index in [1.54, 1.807) is 30.3 Å². The second-order valence-electron chi connectivity index (χ2n) is 4.39. The van der Waals surface area contributed by atoms with Crippen LogP contribution in [0.2, 0.25) is 5.02 Å². The van der Waals surface area contributed by atoms with Crippen LogP contribution in [-0.4, -0.2) is 11.1 Å². The Hall–Kier alpha value is -1.39. The van der Waals surface area contributed by atoms with E-state index in [9.17, 15) is 14.3 Å². The van der Waals surface area contributed by atoms with Gasteiger partial charge in [-0.25, -0.2) is 4.39 Å². The van der Waals surface area contributed by atoms with Gasteiger partial charge in [0, 0.05) is 4.47 Å². The van der Waals surface area contributed by atoms with Crippen molar-refractivity contribution >= 4 is 33.5 Å². The zero-order valence-corrected chi connectivity index (χ0v) is 12.7. The highest BCUT2D eigenvalue weighted by Gasteiger charge is 2.20. The third kappa shape index (κ3) is 3.58. The normalized spacial score (nSPS) is 12.2. The smallest absolute Gasteiger partial charge is 0.311 e. The van der Waals surface area contributed by atoms with Crippen molar-refractivity contribution in [3.63, 3.8) is 0 Å². The van der Waals surface area contributed by atoms with E-state index in [2.05, 4.69) is 15.9 Å². The number of halogens is 3. The molecule has 1 N–H and O–H groups in total. The van der Waals surface area contributed by atoms with Gasteiger partial charge in [-0.05, 0) is 41.8 Å². The summed E-state index contributed by atoms with van der Waals surface area (Å²) in [4.78, 5) is 11.4. The zero-order chi connectivity index (χ0) is 14.7. The number of carbonyl (C=O) groups is 1. The van der Waals surface area contributed by atoms with Crippen molar-refractivity contribution < 1.29 is 14.3 Å². The minimum atomic E-state index is -0.942. The predicted molar refractivity (Wildman–Crippen MR) is 79.6 cm³/mol. The van der Waals surface area contributed by atoms with Crippen LogP contribution in [-0.2, 0) is 11.2 Å². The van der Waals surface area contributed by atoms with Gasteiger partial charge in [0.05, 0.1) is 10.9 Å². The molecule has 2 aromatic rings. The standard InChI is InChI=1S/C15H11BrClFO2/c16-11-4-2-10(3-5-11)12(15(19)20)7-9-1-6-13(17)14(18)8-9/h1-6,8,12H,7H2,(H,19,20). The molecule has 0 aromatic heterocycles. The van der Waals surface area contributed by atoms with Crippen molar-refractivity contribution in [1.82, 2.24) is 0 Å². The Bertz CT molecular complexity index is 628. The molecule has 0 aliphatic rings. The second-order valence-corrected chi connectivity index (χ2v) is 5.72. The summed E-state index contributed by atoms with van der Waals surface area (Å²) in [7, 11) is 0. The monoisotopic (exact) mass is 356 g/mol. The Morgan fingerprint density at radius 1 is 1.25 bits per heavy atom. The Labute approximate surface area is 129 Å². The minimum Gasteiger partial charge on any atom is -0.481 e. The maximum atomic E-state index is 13.4. The average Bonchev–Trinajstić information content (AvgIpc) is 2.41. The fourth-order valence-corrected chi connectivity index (χ4v) is 2.33. The van der Waals surface area contributed by atoms with E-state index in [0.717, 1.165) is 4.47 Å². The fourth-order valence-electron chi connectivity index (χ4n) is 1.95. The molecule has 0 saturated heterocycles. The Balaban J connectivity index is 2.27. The van der Waals surface area contributed by atoms with E-state index in [0.29, 0.717) is 11.1 Å². The molecular formula is C15H11BrClFO2. The molecule has 0 amide bonds. The first kappa shape index (κ1) is 15.0. The number of rotatable bonds is 4. The molecule has 2 aromatic carbocycles. The molecule has 0 saturated carbocycles. The lowest BCUT2D eigenvalue weighted by Gasteiger charge is -2.13. The summed E-state index contributed by atoms with van der Waals surface area (Å²) in [6.07, 6.45) is 0.213. The van der Waals surface area contributed by atoms with Crippen molar-refractivity contribution in [2.24, 2.45) is 0 Å². The van der Waals surface area contributed by atoms with Crippen molar-refractivity contribution in [3.8, 4) is 0 Å². The highest BCUT2D eigenvalue weighted by Crippen LogP contribution is 2.25. The van der Waals surface area contributed by atoms with E-state index >= 15 is 0 Å². The summed E-state index contributed by atoms with van der Waals surface area (Å²) >= 11 is 8.92. The first-order chi connectivity index (χ1) is 9.47. The molecule has 0 bridgehead atoms. The number of carboxylic acid groups (broad SMARTS) is 1. The summed E-state index contributed by atoms with van der Waals surface area (Å²) in [5, 5.41) is 9.38. The lowest BCUT2D eigenvalue weighted by atomic mass is 9.92. The van der Waals surface area contributed by atoms with E-state index in [1.807, 2.05) is 0 Å². The highest BCUT2D eigenvalue weighted by atomic mass is 79.9. The van der Waals surface area contributed by atoms with Crippen LogP contribution in [0.25, 0.3) is 0 Å². The number of hydrogen-bond donors (Lipinski definition) is 1. The van der Waals surface area contributed by atoms with Crippen LogP contribution < -0.4 is 0 Å². The molecule has 2 nitrogen and oxygen atoms in total. The van der Waals surface area contributed by atoms with Gasteiger partial charge in [0.2, 0.25) is 0 Å². The predicted octanol–water partition coefficient (Wildman–Crippen LogP) is 4.65. The molecule has 0 spiro atoms. The van der Waals surface area contributed by atoms with E-state index in [-0.39, 0.29) is 11.4 Å². The molecule has 1 unspecified atom stereocenters. The number of carboxylic acids is 1. The van der Waals surface area contributed by atoms with Crippen LogP contribution in [0.5, 0.6) is 0 Å². The van der Waals surface area contributed by atoms with E-state index < -0.39 is 17.7 Å². The molecule has 5 heteroatoms. The molecule has 104 valence electrons. The molecule has 1 atom stereocenters. The van der Waals surface area contributed by atoms with Gasteiger partial charge in [-0.1, -0.05) is 45.7 Å². The molecule has 2 rings (SSSR count). The number of hydrogen-bond acceptors (Lipinski definition) is 1. The Morgan fingerprint density at radius 2 is 1.90 bits per heavy atom. The molecule has 20 heavy (non-hydrogen) atoms. The highest BCUT2D eigenvalue weighted by molar-refractivity contribution is 9.10. The summed E-state index contributed by atoms with van der Waals surface area (Å²) in [5.41, 5.74) is 1.28. The van der Waals surface area contributed by atoms with Crippen LogP contribution in [0, 0.1) is 5.82 Å². The maximum absolute atomic E-state index is 13.4. The lowest BCUT2D eigenvalue weighted by molar-refractivity contribution is -0.138. The molecule has 0 aliphatic heterocycles. The van der Waals surface area contributed by atoms with Crippen LogP contribution in [0.1, 0.15) is 17.0 Å². The van der Waals surface area contributed by atoms with Gasteiger partial charge in [-0.3, -0.25) is 4.79 Å². The van der Waals surface area contributed by atoms with Gasteiger partial charge < -0.3 is 5.11 Å². The second kappa shape index (κ2) is 6.37. The molecule has 0 fully saturated rings. The van der Waals surface area contributed by atoms with E-state index in [4.69, 9.17) is 11.6 Å². The molecule has 0 radical (unpaired) electrons. The van der Waals surface area contributed by atoms with Gasteiger partial charge in [-0.15, -0.1) is 0 Å². The Kier molecular flexibility index (Phi) is 4.78. The fraction of sp³-hybridized carbons (Fsp3) is 0.133. The maximum Gasteiger partial charge on any atom is 0.311 e. The van der Waals surface area contributed by atoms with Crippen molar-refractivity contribution in [3.05, 3.63) is 68.9 Å². The number of aliphatic carboxylic acids is 1. The summed E-state index contributed by atoms with van der Waals surface area (Å²) < 4.78 is 14.3. The van der Waals surface area contributed by atoms with Gasteiger partial charge in [0.15, 0.2) is 0 Å².